The molecule has 0 fully saturated rings. The molecule has 1 aliphatic carbocycles. The first kappa shape index (κ1) is 9.71. The van der Waals surface area contributed by atoms with E-state index in [1.807, 2.05) is 0 Å². The predicted octanol–water partition coefficient (Wildman–Crippen LogP) is 3.54. The third-order valence-electron chi connectivity index (χ3n) is 3.54. The summed E-state index contributed by atoms with van der Waals surface area (Å²) in [5, 5.41) is 0. The summed E-state index contributed by atoms with van der Waals surface area (Å²) in [5.41, 5.74) is 7.84. The Morgan fingerprint density at radius 3 is 2.44 bits per heavy atom. The zero-order chi connectivity index (χ0) is 11.3. The van der Waals surface area contributed by atoms with Crippen molar-refractivity contribution in [3.05, 3.63) is 58.7 Å². The summed E-state index contributed by atoms with van der Waals surface area (Å²) in [5.74, 6) is 0.0473. The van der Waals surface area contributed by atoms with Gasteiger partial charge in [-0.3, -0.25) is 0 Å². The van der Waals surface area contributed by atoms with Crippen LogP contribution in [0.5, 0.6) is 0 Å². The molecule has 0 nitrogen and oxygen atoms in total. The quantitative estimate of drug-likeness (QED) is 0.575. The van der Waals surface area contributed by atoms with Crippen LogP contribution in [0.3, 0.4) is 0 Å². The zero-order valence-corrected chi connectivity index (χ0v) is 9.62. The van der Waals surface area contributed by atoms with E-state index in [1.165, 1.54) is 33.4 Å². The van der Waals surface area contributed by atoms with Gasteiger partial charge in [0.15, 0.2) is 0 Å². The van der Waals surface area contributed by atoms with Crippen LogP contribution in [0.25, 0.3) is 11.1 Å². The van der Waals surface area contributed by atoms with Crippen LogP contribution in [-0.4, -0.2) is 7.85 Å². The predicted molar refractivity (Wildman–Crippen MR) is 68.9 cm³/mol. The zero-order valence-electron chi connectivity index (χ0n) is 9.62. The lowest BCUT2D eigenvalue weighted by Gasteiger charge is -2.09. The summed E-state index contributed by atoms with van der Waals surface area (Å²) < 4.78 is 0. The largest absolute Gasteiger partial charge is 0.0828 e. The molecule has 0 aliphatic heterocycles. The summed E-state index contributed by atoms with van der Waals surface area (Å²) in [4.78, 5) is 0. The number of aryl methyl sites for hydroxylation is 2. The highest BCUT2D eigenvalue weighted by Crippen LogP contribution is 2.45. The van der Waals surface area contributed by atoms with E-state index in [4.69, 9.17) is 7.85 Å². The average molecular weight is 204 g/mol. The van der Waals surface area contributed by atoms with Crippen molar-refractivity contribution in [2.24, 2.45) is 0 Å². The number of rotatable bonds is 0. The maximum Gasteiger partial charge on any atom is 0.0828 e. The standard InChI is InChI=1S/C15H13B/c1-9-5-4-8-12-13(9)11-7-3-6-10(2)14(11)15(12)16/h3-8,15H,1-2H3. The second-order valence-corrected chi connectivity index (χ2v) is 4.55. The first-order valence-electron chi connectivity index (χ1n) is 5.65. The summed E-state index contributed by atoms with van der Waals surface area (Å²) in [7, 11) is 6.33. The van der Waals surface area contributed by atoms with Crippen molar-refractivity contribution < 1.29 is 0 Å². The Morgan fingerprint density at radius 1 is 0.938 bits per heavy atom. The van der Waals surface area contributed by atoms with Gasteiger partial charge in [0, 0.05) is 0 Å². The van der Waals surface area contributed by atoms with Gasteiger partial charge in [-0.2, -0.15) is 0 Å². The second-order valence-electron chi connectivity index (χ2n) is 4.55. The van der Waals surface area contributed by atoms with E-state index in [1.54, 1.807) is 0 Å². The molecule has 0 bridgehead atoms. The molecule has 0 N–H and O–H groups in total. The van der Waals surface area contributed by atoms with E-state index in [2.05, 4.69) is 50.2 Å². The summed E-state index contributed by atoms with van der Waals surface area (Å²) in [6.07, 6.45) is 0. The molecular weight excluding hydrogens is 191 g/mol. The van der Waals surface area contributed by atoms with Gasteiger partial charge in [-0.05, 0) is 53.0 Å². The fourth-order valence-electron chi connectivity index (χ4n) is 2.78. The van der Waals surface area contributed by atoms with Crippen molar-refractivity contribution in [2.45, 2.75) is 19.7 Å². The van der Waals surface area contributed by atoms with Crippen molar-refractivity contribution in [1.29, 1.82) is 0 Å². The Kier molecular flexibility index (Phi) is 1.97. The maximum absolute atomic E-state index is 6.33. The highest BCUT2D eigenvalue weighted by Gasteiger charge is 2.26. The van der Waals surface area contributed by atoms with E-state index < -0.39 is 0 Å². The molecule has 0 saturated heterocycles. The smallest absolute Gasteiger partial charge is 0.0617 e. The van der Waals surface area contributed by atoms with Crippen LogP contribution in [0.4, 0.5) is 0 Å². The van der Waals surface area contributed by atoms with Gasteiger partial charge in [0.05, 0.1) is 7.85 Å². The Hall–Kier alpha value is -1.50. The molecule has 16 heavy (non-hydrogen) atoms. The van der Waals surface area contributed by atoms with Gasteiger partial charge in [0.25, 0.3) is 0 Å². The lowest BCUT2D eigenvalue weighted by Crippen LogP contribution is -1.97. The number of fused-ring (bicyclic) bond motifs is 3. The van der Waals surface area contributed by atoms with Crippen LogP contribution in [0, 0.1) is 13.8 Å². The van der Waals surface area contributed by atoms with E-state index in [-0.39, 0.29) is 5.82 Å². The van der Waals surface area contributed by atoms with E-state index in [0.29, 0.717) is 0 Å². The van der Waals surface area contributed by atoms with Crippen LogP contribution >= 0.6 is 0 Å². The van der Waals surface area contributed by atoms with Crippen molar-refractivity contribution >= 4 is 7.85 Å². The van der Waals surface area contributed by atoms with Crippen LogP contribution < -0.4 is 0 Å². The van der Waals surface area contributed by atoms with E-state index in [9.17, 15) is 0 Å². The minimum absolute atomic E-state index is 0.0473. The Bertz CT molecular complexity index is 570. The van der Waals surface area contributed by atoms with Gasteiger partial charge in [0.1, 0.15) is 0 Å². The molecule has 0 spiro atoms. The molecule has 0 aromatic heterocycles. The maximum atomic E-state index is 6.33. The third-order valence-corrected chi connectivity index (χ3v) is 3.54. The van der Waals surface area contributed by atoms with Crippen LogP contribution in [0.15, 0.2) is 36.4 Å². The highest BCUT2D eigenvalue weighted by molar-refractivity contribution is 6.17. The molecule has 1 heteroatoms. The molecule has 2 aromatic rings. The van der Waals surface area contributed by atoms with E-state index >= 15 is 0 Å². The molecule has 1 atom stereocenters. The fourth-order valence-corrected chi connectivity index (χ4v) is 2.78. The average Bonchev–Trinajstić information content (AvgIpc) is 2.56. The Morgan fingerprint density at radius 2 is 1.62 bits per heavy atom. The monoisotopic (exact) mass is 204 g/mol. The van der Waals surface area contributed by atoms with Crippen molar-refractivity contribution in [2.75, 3.05) is 0 Å². The second kappa shape index (κ2) is 3.25. The molecule has 2 radical (unpaired) electrons. The molecule has 0 amide bonds. The molecule has 1 aliphatic rings. The molecule has 76 valence electrons. The summed E-state index contributed by atoms with van der Waals surface area (Å²) in [6.45, 7) is 4.29. The first-order valence-corrected chi connectivity index (χ1v) is 5.65. The first-order chi connectivity index (χ1) is 7.70. The van der Waals surface area contributed by atoms with Crippen LogP contribution in [-0.2, 0) is 0 Å². The lowest BCUT2D eigenvalue weighted by molar-refractivity contribution is 1.16. The van der Waals surface area contributed by atoms with Crippen LogP contribution in [0.2, 0.25) is 0 Å². The van der Waals surface area contributed by atoms with Gasteiger partial charge in [-0.15, -0.1) is 0 Å². The van der Waals surface area contributed by atoms with Gasteiger partial charge in [-0.25, -0.2) is 0 Å². The minimum atomic E-state index is 0.0473. The lowest BCUT2D eigenvalue weighted by atomic mass is 9.78. The number of hydrogen-bond donors (Lipinski definition) is 0. The topological polar surface area (TPSA) is 0 Å². The van der Waals surface area contributed by atoms with E-state index in [0.717, 1.165) is 0 Å². The molecule has 3 rings (SSSR count). The van der Waals surface area contributed by atoms with Gasteiger partial charge in [0.2, 0.25) is 0 Å². The molecule has 0 saturated carbocycles. The number of benzene rings is 2. The van der Waals surface area contributed by atoms with Crippen molar-refractivity contribution in [3.8, 4) is 11.1 Å². The van der Waals surface area contributed by atoms with Gasteiger partial charge in [-0.1, -0.05) is 36.4 Å². The summed E-state index contributed by atoms with van der Waals surface area (Å²) in [6, 6.07) is 12.8. The van der Waals surface area contributed by atoms with Crippen molar-refractivity contribution in [1.82, 2.24) is 0 Å². The summed E-state index contributed by atoms with van der Waals surface area (Å²) >= 11 is 0. The SMILES string of the molecule is [B]C1c2cccc(C)c2-c2cccc(C)c21. The fraction of sp³-hybridized carbons (Fsp3) is 0.200. The molecule has 0 heterocycles. The molecule has 2 aromatic carbocycles. The Balaban J connectivity index is 2.41. The van der Waals surface area contributed by atoms with Gasteiger partial charge < -0.3 is 0 Å². The number of hydrogen-bond acceptors (Lipinski definition) is 0. The normalized spacial score (nSPS) is 17.0. The minimum Gasteiger partial charge on any atom is -0.0617 e. The van der Waals surface area contributed by atoms with Gasteiger partial charge >= 0.3 is 0 Å². The highest BCUT2D eigenvalue weighted by atomic mass is 14.3. The third kappa shape index (κ3) is 1.12. The molecular formula is C15H13B. The van der Waals surface area contributed by atoms with Crippen LogP contribution in [0.1, 0.15) is 28.1 Å². The van der Waals surface area contributed by atoms with Crippen molar-refractivity contribution in [3.63, 3.8) is 0 Å². The Labute approximate surface area is 97.7 Å². The molecule has 1 unspecified atom stereocenters.